The van der Waals surface area contributed by atoms with Gasteiger partial charge in [0.05, 0.1) is 18.8 Å². The molecule has 1 rings (SSSR count). The molecule has 1 aliphatic heterocycles. The van der Waals surface area contributed by atoms with Crippen LogP contribution in [0.15, 0.2) is 12.3 Å². The number of nitriles is 1. The molecule has 0 aromatic heterocycles. The zero-order valence-corrected chi connectivity index (χ0v) is 5.21. The molecule has 1 atom stereocenters. The van der Waals surface area contributed by atoms with Crippen molar-refractivity contribution in [3.05, 3.63) is 12.3 Å². The molecule has 0 amide bonds. The van der Waals surface area contributed by atoms with Crippen LogP contribution in [0, 0.1) is 11.3 Å². The molecule has 0 N–H and O–H groups in total. The van der Waals surface area contributed by atoms with Crippen molar-refractivity contribution in [1.29, 1.82) is 5.26 Å². The molecule has 0 aromatic carbocycles. The predicted molar refractivity (Wildman–Crippen MR) is 33.5 cm³/mol. The van der Waals surface area contributed by atoms with E-state index in [2.05, 4.69) is 6.07 Å². The number of hydrogen-bond acceptors (Lipinski definition) is 2. The lowest BCUT2D eigenvalue weighted by molar-refractivity contribution is 0.128. The van der Waals surface area contributed by atoms with Crippen LogP contribution < -0.4 is 0 Å². The van der Waals surface area contributed by atoms with Gasteiger partial charge in [0, 0.05) is 0 Å². The Morgan fingerprint density at radius 1 is 1.78 bits per heavy atom. The second-order valence-corrected chi connectivity index (χ2v) is 2.07. The Bertz CT molecular complexity index is 145. The second kappa shape index (κ2) is 3.13. The average Bonchev–Trinajstić information content (AvgIpc) is 1.91. The topological polar surface area (TPSA) is 33.0 Å². The molecule has 2 heteroatoms. The van der Waals surface area contributed by atoms with E-state index in [1.54, 1.807) is 6.26 Å². The van der Waals surface area contributed by atoms with Crippen LogP contribution in [0.5, 0.6) is 0 Å². The van der Waals surface area contributed by atoms with Crippen LogP contribution in [0.1, 0.15) is 19.3 Å². The van der Waals surface area contributed by atoms with E-state index in [0.29, 0.717) is 6.42 Å². The van der Waals surface area contributed by atoms with Crippen molar-refractivity contribution in [3.63, 3.8) is 0 Å². The van der Waals surface area contributed by atoms with E-state index in [1.165, 1.54) is 0 Å². The van der Waals surface area contributed by atoms with Gasteiger partial charge in [-0.15, -0.1) is 0 Å². The van der Waals surface area contributed by atoms with Crippen molar-refractivity contribution >= 4 is 0 Å². The minimum atomic E-state index is 0.153. The Morgan fingerprint density at radius 2 is 2.67 bits per heavy atom. The van der Waals surface area contributed by atoms with Crippen molar-refractivity contribution in [2.75, 3.05) is 0 Å². The summed E-state index contributed by atoms with van der Waals surface area (Å²) >= 11 is 0. The van der Waals surface area contributed by atoms with Crippen LogP contribution in [-0.2, 0) is 4.74 Å². The third kappa shape index (κ3) is 1.77. The van der Waals surface area contributed by atoms with Gasteiger partial charge in [-0.1, -0.05) is 0 Å². The van der Waals surface area contributed by atoms with Gasteiger partial charge in [0.15, 0.2) is 0 Å². The molecule has 0 radical (unpaired) electrons. The van der Waals surface area contributed by atoms with E-state index < -0.39 is 0 Å². The predicted octanol–water partition coefficient (Wildman–Crippen LogP) is 1.59. The Hall–Kier alpha value is -0.970. The van der Waals surface area contributed by atoms with Crippen LogP contribution in [0.4, 0.5) is 0 Å². The first-order chi connectivity index (χ1) is 4.43. The maximum atomic E-state index is 8.26. The molecule has 1 unspecified atom stereocenters. The first-order valence-electron chi connectivity index (χ1n) is 3.11. The summed E-state index contributed by atoms with van der Waals surface area (Å²) in [5.74, 6) is 0. The maximum absolute atomic E-state index is 8.26. The summed E-state index contributed by atoms with van der Waals surface area (Å²) in [4.78, 5) is 0. The molecule has 0 saturated carbocycles. The number of nitrogens with zero attached hydrogens (tertiary/aromatic N) is 1. The first kappa shape index (κ1) is 6.15. The monoisotopic (exact) mass is 123 g/mol. The van der Waals surface area contributed by atoms with Crippen LogP contribution in [0.25, 0.3) is 0 Å². The van der Waals surface area contributed by atoms with Gasteiger partial charge >= 0.3 is 0 Å². The van der Waals surface area contributed by atoms with Crippen molar-refractivity contribution in [3.8, 4) is 6.07 Å². The fourth-order valence-electron chi connectivity index (χ4n) is 0.837. The first-order valence-corrected chi connectivity index (χ1v) is 3.11. The summed E-state index contributed by atoms with van der Waals surface area (Å²) in [6, 6.07) is 2.08. The highest BCUT2D eigenvalue weighted by Crippen LogP contribution is 2.12. The minimum Gasteiger partial charge on any atom is -0.497 e. The molecule has 9 heavy (non-hydrogen) atoms. The lowest BCUT2D eigenvalue weighted by Crippen LogP contribution is -2.10. The number of allylic oxidation sites excluding steroid dienone is 1. The third-order valence-corrected chi connectivity index (χ3v) is 1.34. The van der Waals surface area contributed by atoms with E-state index >= 15 is 0 Å². The molecule has 0 aromatic rings. The average molecular weight is 123 g/mol. The molecule has 0 aliphatic carbocycles. The molecule has 0 saturated heterocycles. The summed E-state index contributed by atoms with van der Waals surface area (Å²) in [6.45, 7) is 0. The van der Waals surface area contributed by atoms with Crippen molar-refractivity contribution in [1.82, 2.24) is 0 Å². The van der Waals surface area contributed by atoms with E-state index in [9.17, 15) is 0 Å². The van der Waals surface area contributed by atoms with Crippen molar-refractivity contribution in [2.24, 2.45) is 0 Å². The molecule has 0 spiro atoms. The number of rotatable bonds is 1. The quantitative estimate of drug-likeness (QED) is 0.530. The van der Waals surface area contributed by atoms with Gasteiger partial charge in [0.25, 0.3) is 0 Å². The Balaban J connectivity index is 2.28. The van der Waals surface area contributed by atoms with Gasteiger partial charge in [-0.25, -0.2) is 0 Å². The lowest BCUT2D eigenvalue weighted by atomic mass is 10.1. The molecule has 0 fully saturated rings. The maximum Gasteiger partial charge on any atom is 0.111 e. The Labute approximate surface area is 54.7 Å². The summed E-state index contributed by atoms with van der Waals surface area (Å²) in [5.41, 5.74) is 0. The standard InChI is InChI=1S/C7H9NO/c8-5-4-7-3-1-2-6-9-7/h2,6-7H,1,3-4H2. The van der Waals surface area contributed by atoms with E-state index in [1.807, 2.05) is 6.08 Å². The number of hydrogen-bond donors (Lipinski definition) is 0. The van der Waals surface area contributed by atoms with E-state index in [-0.39, 0.29) is 6.10 Å². The summed E-state index contributed by atoms with van der Waals surface area (Å²) in [7, 11) is 0. The van der Waals surface area contributed by atoms with Gasteiger partial charge in [0.1, 0.15) is 6.10 Å². The molecule has 48 valence electrons. The highest BCUT2D eigenvalue weighted by Gasteiger charge is 2.08. The van der Waals surface area contributed by atoms with Gasteiger partial charge in [-0.3, -0.25) is 0 Å². The highest BCUT2D eigenvalue weighted by atomic mass is 16.5. The largest absolute Gasteiger partial charge is 0.497 e. The van der Waals surface area contributed by atoms with E-state index in [4.69, 9.17) is 10.00 Å². The van der Waals surface area contributed by atoms with E-state index in [0.717, 1.165) is 12.8 Å². The van der Waals surface area contributed by atoms with Gasteiger partial charge < -0.3 is 4.74 Å². The zero-order valence-electron chi connectivity index (χ0n) is 5.21. The van der Waals surface area contributed by atoms with Gasteiger partial charge in [0.2, 0.25) is 0 Å². The highest BCUT2D eigenvalue weighted by molar-refractivity contribution is 4.86. The van der Waals surface area contributed by atoms with Crippen molar-refractivity contribution < 1.29 is 4.74 Å². The molecule has 2 nitrogen and oxygen atoms in total. The Kier molecular flexibility index (Phi) is 2.14. The van der Waals surface area contributed by atoms with Crippen LogP contribution in [0.3, 0.4) is 0 Å². The smallest absolute Gasteiger partial charge is 0.111 e. The number of ether oxygens (including phenoxy) is 1. The second-order valence-electron chi connectivity index (χ2n) is 2.07. The molecule has 0 bridgehead atoms. The van der Waals surface area contributed by atoms with Gasteiger partial charge in [-0.05, 0) is 18.9 Å². The summed E-state index contributed by atoms with van der Waals surface area (Å²) in [5, 5.41) is 8.26. The van der Waals surface area contributed by atoms with Crippen LogP contribution in [-0.4, -0.2) is 6.10 Å². The van der Waals surface area contributed by atoms with Crippen LogP contribution in [0.2, 0.25) is 0 Å². The van der Waals surface area contributed by atoms with Crippen molar-refractivity contribution in [2.45, 2.75) is 25.4 Å². The summed E-state index contributed by atoms with van der Waals surface area (Å²) in [6.07, 6.45) is 6.38. The minimum absolute atomic E-state index is 0.153. The lowest BCUT2D eigenvalue weighted by Gasteiger charge is -2.15. The molecule has 1 heterocycles. The molecular formula is C7H9NO. The normalized spacial score (nSPS) is 24.6. The fourth-order valence-corrected chi connectivity index (χ4v) is 0.837. The molecular weight excluding hydrogens is 114 g/mol. The zero-order chi connectivity index (χ0) is 6.53. The summed E-state index contributed by atoms with van der Waals surface area (Å²) < 4.78 is 5.12. The van der Waals surface area contributed by atoms with Gasteiger partial charge in [-0.2, -0.15) is 5.26 Å². The Morgan fingerprint density at radius 3 is 3.22 bits per heavy atom. The fraction of sp³-hybridized carbons (Fsp3) is 0.571. The third-order valence-electron chi connectivity index (χ3n) is 1.34. The SMILES string of the molecule is N#CCC1CCC=CO1. The molecule has 1 aliphatic rings. The van der Waals surface area contributed by atoms with Crippen LogP contribution >= 0.6 is 0 Å².